The summed E-state index contributed by atoms with van der Waals surface area (Å²) in [5, 5.41) is 0. The van der Waals surface area contributed by atoms with E-state index in [4.69, 9.17) is 5.73 Å². The number of hydrogen-bond acceptors (Lipinski definition) is 5. The Morgan fingerprint density at radius 2 is 2.00 bits per heavy atom. The van der Waals surface area contributed by atoms with Gasteiger partial charge in [0.25, 0.3) is 5.56 Å². The van der Waals surface area contributed by atoms with E-state index in [0.29, 0.717) is 30.2 Å². The van der Waals surface area contributed by atoms with Gasteiger partial charge in [0.2, 0.25) is 5.95 Å². The van der Waals surface area contributed by atoms with E-state index >= 15 is 0 Å². The number of aromatic nitrogens is 4. The number of allylic oxidation sites excluding steroid dienone is 2. The van der Waals surface area contributed by atoms with Gasteiger partial charge >= 0.3 is 5.69 Å². The van der Waals surface area contributed by atoms with E-state index in [1.165, 1.54) is 11.6 Å². The van der Waals surface area contributed by atoms with E-state index in [2.05, 4.69) is 16.0 Å². The van der Waals surface area contributed by atoms with Crippen molar-refractivity contribution in [3.63, 3.8) is 0 Å². The Labute approximate surface area is 146 Å². The van der Waals surface area contributed by atoms with Gasteiger partial charge in [0.15, 0.2) is 11.2 Å². The quantitative estimate of drug-likeness (QED) is 0.798. The molecule has 25 heavy (non-hydrogen) atoms. The summed E-state index contributed by atoms with van der Waals surface area (Å²) in [6, 6.07) is 0. The van der Waals surface area contributed by atoms with Crippen LogP contribution < -0.4 is 21.9 Å². The van der Waals surface area contributed by atoms with Crippen molar-refractivity contribution in [2.24, 2.45) is 25.7 Å². The normalized spacial score (nSPS) is 17.5. The Bertz CT molecular complexity index is 945. The minimum atomic E-state index is -0.364. The van der Waals surface area contributed by atoms with Crippen LogP contribution >= 0.6 is 0 Å². The Morgan fingerprint density at radius 1 is 1.28 bits per heavy atom. The highest BCUT2D eigenvalue weighted by atomic mass is 16.2. The summed E-state index contributed by atoms with van der Waals surface area (Å²) in [6.07, 6.45) is 3.07. The molecule has 8 nitrogen and oxygen atoms in total. The average Bonchev–Trinajstić information content (AvgIpc) is 3.20. The van der Waals surface area contributed by atoms with Gasteiger partial charge in [-0.1, -0.05) is 11.6 Å². The van der Waals surface area contributed by atoms with Crippen LogP contribution in [-0.2, 0) is 20.6 Å². The number of imidazole rings is 1. The Hall–Kier alpha value is -2.35. The molecule has 1 aliphatic heterocycles. The van der Waals surface area contributed by atoms with Crippen LogP contribution in [-0.4, -0.2) is 38.3 Å². The van der Waals surface area contributed by atoms with Crippen molar-refractivity contribution in [2.45, 2.75) is 26.8 Å². The van der Waals surface area contributed by atoms with Crippen molar-refractivity contribution in [1.29, 1.82) is 0 Å². The monoisotopic (exact) mass is 346 g/mol. The zero-order valence-electron chi connectivity index (χ0n) is 15.3. The molecule has 0 radical (unpaired) electrons. The fourth-order valence-corrected chi connectivity index (χ4v) is 3.33. The molecule has 1 atom stereocenters. The van der Waals surface area contributed by atoms with Crippen LogP contribution in [0.15, 0.2) is 21.2 Å². The highest BCUT2D eigenvalue weighted by molar-refractivity contribution is 5.74. The first-order valence-electron chi connectivity index (χ1n) is 8.59. The zero-order chi connectivity index (χ0) is 18.3. The number of aryl methyl sites for hydroxylation is 1. The molecule has 0 aromatic carbocycles. The van der Waals surface area contributed by atoms with Gasteiger partial charge in [-0.25, -0.2) is 4.79 Å². The van der Waals surface area contributed by atoms with Gasteiger partial charge in [0.1, 0.15) is 0 Å². The third-order valence-electron chi connectivity index (χ3n) is 4.91. The van der Waals surface area contributed by atoms with Crippen LogP contribution in [0.1, 0.15) is 20.3 Å². The first-order valence-corrected chi connectivity index (χ1v) is 8.59. The molecule has 3 heterocycles. The third-order valence-corrected chi connectivity index (χ3v) is 4.91. The molecule has 0 spiro atoms. The number of anilines is 1. The first-order chi connectivity index (χ1) is 11.8. The zero-order valence-corrected chi connectivity index (χ0v) is 15.3. The molecule has 2 N–H and O–H groups in total. The lowest BCUT2D eigenvalue weighted by Gasteiger charge is -2.18. The van der Waals surface area contributed by atoms with Crippen molar-refractivity contribution >= 4 is 17.1 Å². The van der Waals surface area contributed by atoms with Crippen molar-refractivity contribution in [2.75, 3.05) is 24.5 Å². The lowest BCUT2D eigenvalue weighted by molar-refractivity contribution is 0.600. The molecule has 0 aliphatic carbocycles. The van der Waals surface area contributed by atoms with Crippen LogP contribution in [0.2, 0.25) is 0 Å². The molecule has 8 heteroatoms. The summed E-state index contributed by atoms with van der Waals surface area (Å²) in [7, 11) is 3.15. The van der Waals surface area contributed by atoms with E-state index in [1.807, 2.05) is 18.4 Å². The summed E-state index contributed by atoms with van der Waals surface area (Å²) in [5.41, 5.74) is 7.20. The number of nitrogens with two attached hydrogens (primary N) is 1. The Kier molecular flexibility index (Phi) is 4.55. The molecule has 0 bridgehead atoms. The molecule has 1 fully saturated rings. The smallest absolute Gasteiger partial charge is 0.332 e. The molecule has 2 aromatic rings. The molecule has 0 amide bonds. The van der Waals surface area contributed by atoms with Gasteiger partial charge in [-0.3, -0.25) is 13.9 Å². The average molecular weight is 346 g/mol. The predicted molar refractivity (Wildman–Crippen MR) is 99.0 cm³/mol. The maximum atomic E-state index is 12.7. The summed E-state index contributed by atoms with van der Waals surface area (Å²) in [4.78, 5) is 31.8. The van der Waals surface area contributed by atoms with E-state index in [1.54, 1.807) is 7.05 Å². The lowest BCUT2D eigenvalue weighted by atomic mass is 10.1. The summed E-state index contributed by atoms with van der Waals surface area (Å²) >= 11 is 0. The van der Waals surface area contributed by atoms with Gasteiger partial charge in [-0.15, -0.1) is 0 Å². The molecule has 1 unspecified atom stereocenters. The van der Waals surface area contributed by atoms with E-state index in [9.17, 15) is 9.59 Å². The molecular weight excluding hydrogens is 320 g/mol. The minimum absolute atomic E-state index is 0.312. The predicted octanol–water partition coefficient (Wildman–Crippen LogP) is 0.185. The van der Waals surface area contributed by atoms with Crippen molar-refractivity contribution in [3.05, 3.63) is 32.5 Å². The van der Waals surface area contributed by atoms with Gasteiger partial charge in [-0.05, 0) is 32.7 Å². The largest absolute Gasteiger partial charge is 0.342 e. The highest BCUT2D eigenvalue weighted by Gasteiger charge is 2.27. The number of rotatable bonds is 4. The van der Waals surface area contributed by atoms with Crippen molar-refractivity contribution in [3.8, 4) is 0 Å². The van der Waals surface area contributed by atoms with E-state index < -0.39 is 0 Å². The first kappa shape index (κ1) is 17.5. The Balaban J connectivity index is 2.25. The van der Waals surface area contributed by atoms with Crippen molar-refractivity contribution < 1.29 is 0 Å². The van der Waals surface area contributed by atoms with Crippen molar-refractivity contribution in [1.82, 2.24) is 18.7 Å². The van der Waals surface area contributed by atoms with Crippen LogP contribution in [0.4, 0.5) is 5.95 Å². The minimum Gasteiger partial charge on any atom is -0.342 e. The molecule has 2 aromatic heterocycles. The second-order valence-electron chi connectivity index (χ2n) is 7.02. The summed E-state index contributed by atoms with van der Waals surface area (Å²) < 4.78 is 4.50. The van der Waals surface area contributed by atoms with E-state index in [-0.39, 0.29) is 11.2 Å². The number of hydrogen-bond donors (Lipinski definition) is 1. The fourth-order valence-electron chi connectivity index (χ4n) is 3.33. The van der Waals surface area contributed by atoms with Gasteiger partial charge in [0.05, 0.1) is 0 Å². The molecule has 0 saturated carbocycles. The van der Waals surface area contributed by atoms with E-state index in [0.717, 1.165) is 35.6 Å². The maximum absolute atomic E-state index is 12.7. The number of nitrogens with zero attached hydrogens (tertiary/aromatic N) is 5. The van der Waals surface area contributed by atoms with Crippen LogP contribution in [0.25, 0.3) is 11.2 Å². The molecule has 136 valence electrons. The lowest BCUT2D eigenvalue weighted by Crippen LogP contribution is -2.37. The summed E-state index contributed by atoms with van der Waals surface area (Å²) in [6.45, 7) is 6.91. The Morgan fingerprint density at radius 3 is 2.60 bits per heavy atom. The highest BCUT2D eigenvalue weighted by Crippen LogP contribution is 2.25. The molecule has 1 aliphatic rings. The van der Waals surface area contributed by atoms with Gasteiger partial charge in [-0.2, -0.15) is 4.98 Å². The van der Waals surface area contributed by atoms with Gasteiger partial charge < -0.3 is 15.2 Å². The second-order valence-corrected chi connectivity index (χ2v) is 7.02. The maximum Gasteiger partial charge on any atom is 0.332 e. The second kappa shape index (κ2) is 6.51. The van der Waals surface area contributed by atoms with Gasteiger partial charge in [0, 0.05) is 33.7 Å². The fraction of sp³-hybridized carbons (Fsp3) is 0.588. The van der Waals surface area contributed by atoms with Crippen LogP contribution in [0.3, 0.4) is 0 Å². The standard InChI is InChI=1S/C17H26N6O2/c1-11(2)5-8-23-13-14(20(3)17(25)21(4)15(13)24)19-16(23)22-7-6-12(9-18)10-22/h5,12H,6-10,18H2,1-4H3. The SMILES string of the molecule is CC(C)=CCn1c(N2CCC(CN)C2)nc2c1c(=O)n(C)c(=O)n2C. The summed E-state index contributed by atoms with van der Waals surface area (Å²) in [5.74, 6) is 1.17. The molecular formula is C17H26N6O2. The topological polar surface area (TPSA) is 91.1 Å². The number of fused-ring (bicyclic) bond motifs is 1. The third kappa shape index (κ3) is 2.90. The molecule has 1 saturated heterocycles. The van der Waals surface area contributed by atoms with Crippen LogP contribution in [0, 0.1) is 5.92 Å². The molecule has 3 rings (SSSR count). The van der Waals surface area contributed by atoms with Crippen LogP contribution in [0.5, 0.6) is 0 Å².